The van der Waals surface area contributed by atoms with Crippen LogP contribution in [0.15, 0.2) is 30.5 Å². The number of aromatic nitrogens is 4. The Balaban J connectivity index is 1.70. The molecule has 2 aromatic heterocycles. The van der Waals surface area contributed by atoms with E-state index in [1.165, 1.54) is 4.90 Å². The average Bonchev–Trinajstić information content (AvgIpc) is 2.94. The quantitative estimate of drug-likeness (QED) is 0.608. The number of aryl methyl sites for hydroxylation is 1. The topological polar surface area (TPSA) is 118 Å². The minimum Gasteiger partial charge on any atom is -0.382 e. The van der Waals surface area contributed by atoms with E-state index in [-0.39, 0.29) is 5.91 Å². The van der Waals surface area contributed by atoms with Gasteiger partial charge in [-0.05, 0) is 19.1 Å². The van der Waals surface area contributed by atoms with E-state index < -0.39 is 5.60 Å². The predicted octanol–water partition coefficient (Wildman–Crippen LogP) is 0.922. The summed E-state index contributed by atoms with van der Waals surface area (Å²) < 4.78 is 0. The molecule has 0 aliphatic carbocycles. The Morgan fingerprint density at radius 2 is 2.11 bits per heavy atom. The van der Waals surface area contributed by atoms with Crippen LogP contribution in [0.2, 0.25) is 0 Å². The zero-order chi connectivity index (χ0) is 19.9. The molecule has 1 aromatic carbocycles. The van der Waals surface area contributed by atoms with Gasteiger partial charge in [0.1, 0.15) is 16.9 Å². The van der Waals surface area contributed by atoms with Crippen LogP contribution in [0.1, 0.15) is 17.8 Å². The number of fused-ring (bicyclic) bond motifs is 1. The first-order chi connectivity index (χ1) is 13.4. The third-order valence-corrected chi connectivity index (χ3v) is 4.62. The van der Waals surface area contributed by atoms with Crippen molar-refractivity contribution in [3.05, 3.63) is 41.9 Å². The first kappa shape index (κ1) is 17.8. The molecule has 1 atom stereocenters. The molecule has 8 heteroatoms. The van der Waals surface area contributed by atoms with Gasteiger partial charge in [0.25, 0.3) is 5.91 Å². The number of hydrogen-bond acceptors (Lipinski definition) is 7. The van der Waals surface area contributed by atoms with E-state index in [0.717, 1.165) is 5.56 Å². The number of nitrogen functional groups attached to an aromatic ring is 1. The molecule has 0 bridgehead atoms. The van der Waals surface area contributed by atoms with E-state index >= 15 is 0 Å². The molecule has 4 rings (SSSR count). The molecule has 140 valence electrons. The standard InChI is InChI=1S/C20H18N6O2/c1-12-23-15-11-22-18(25-16(15)17(21)24-12)14-5-3-4-13(10-14)6-7-20(28)8-9-26(2)19(20)27/h3-5,10-11,28H,8-9H2,1-2H3,(H2,21,23,24)/t20-/m0/s1. The van der Waals surface area contributed by atoms with Crippen LogP contribution in [-0.4, -0.2) is 55.0 Å². The van der Waals surface area contributed by atoms with Gasteiger partial charge >= 0.3 is 0 Å². The van der Waals surface area contributed by atoms with Gasteiger partial charge < -0.3 is 15.7 Å². The number of hydrogen-bond donors (Lipinski definition) is 2. The summed E-state index contributed by atoms with van der Waals surface area (Å²) in [6.45, 7) is 2.24. The summed E-state index contributed by atoms with van der Waals surface area (Å²) in [6, 6.07) is 7.26. The number of aliphatic hydroxyl groups is 1. The number of likely N-dealkylation sites (tertiary alicyclic amines) is 1. The predicted molar refractivity (Wildman–Crippen MR) is 104 cm³/mol. The van der Waals surface area contributed by atoms with Gasteiger partial charge in [0, 0.05) is 31.1 Å². The van der Waals surface area contributed by atoms with Crippen LogP contribution in [0.3, 0.4) is 0 Å². The Hall–Kier alpha value is -3.57. The molecular formula is C20H18N6O2. The van der Waals surface area contributed by atoms with Crippen LogP contribution in [-0.2, 0) is 4.79 Å². The molecule has 1 amide bonds. The summed E-state index contributed by atoms with van der Waals surface area (Å²) in [4.78, 5) is 30.8. The second-order valence-electron chi connectivity index (χ2n) is 6.75. The van der Waals surface area contributed by atoms with Gasteiger partial charge in [-0.15, -0.1) is 0 Å². The lowest BCUT2D eigenvalue weighted by Crippen LogP contribution is -2.37. The van der Waals surface area contributed by atoms with E-state index in [0.29, 0.717) is 47.0 Å². The van der Waals surface area contributed by atoms with Crippen molar-refractivity contribution < 1.29 is 9.90 Å². The Labute approximate surface area is 161 Å². The van der Waals surface area contributed by atoms with E-state index in [1.807, 2.05) is 12.1 Å². The average molecular weight is 374 g/mol. The van der Waals surface area contributed by atoms with Gasteiger partial charge in [-0.3, -0.25) is 4.79 Å². The zero-order valence-electron chi connectivity index (χ0n) is 15.5. The molecule has 1 saturated heterocycles. The first-order valence-corrected chi connectivity index (χ1v) is 8.74. The zero-order valence-corrected chi connectivity index (χ0v) is 15.5. The minimum absolute atomic E-state index is 0.293. The van der Waals surface area contributed by atoms with Gasteiger partial charge in [0.2, 0.25) is 5.60 Å². The number of carbonyl (C=O) groups is 1. The van der Waals surface area contributed by atoms with Crippen molar-refractivity contribution in [3.8, 4) is 23.2 Å². The molecule has 8 nitrogen and oxygen atoms in total. The van der Waals surface area contributed by atoms with Crippen LogP contribution in [0.5, 0.6) is 0 Å². The molecule has 28 heavy (non-hydrogen) atoms. The summed E-state index contributed by atoms with van der Waals surface area (Å²) in [5.41, 5.74) is 6.77. The van der Waals surface area contributed by atoms with Crippen LogP contribution in [0.4, 0.5) is 5.82 Å². The second kappa shape index (κ2) is 6.55. The lowest BCUT2D eigenvalue weighted by atomic mass is 10.0. The highest BCUT2D eigenvalue weighted by atomic mass is 16.3. The number of anilines is 1. The monoisotopic (exact) mass is 374 g/mol. The van der Waals surface area contributed by atoms with E-state index in [9.17, 15) is 9.90 Å². The lowest BCUT2D eigenvalue weighted by Gasteiger charge is -2.13. The maximum absolute atomic E-state index is 12.0. The maximum atomic E-state index is 12.0. The molecule has 3 N–H and O–H groups in total. The third-order valence-electron chi connectivity index (χ3n) is 4.62. The van der Waals surface area contributed by atoms with Crippen LogP contribution in [0, 0.1) is 18.8 Å². The van der Waals surface area contributed by atoms with Crippen LogP contribution < -0.4 is 5.73 Å². The number of benzene rings is 1. The first-order valence-electron chi connectivity index (χ1n) is 8.74. The highest BCUT2D eigenvalue weighted by Crippen LogP contribution is 2.23. The fraction of sp³-hybridized carbons (Fsp3) is 0.250. The fourth-order valence-corrected chi connectivity index (χ4v) is 3.09. The SMILES string of the molecule is Cc1nc(N)c2nc(-c3cccc(C#C[C@]4(O)CCN(C)C4=O)c3)ncc2n1. The number of rotatable bonds is 1. The van der Waals surface area contributed by atoms with Gasteiger partial charge in [-0.1, -0.05) is 24.0 Å². The summed E-state index contributed by atoms with van der Waals surface area (Å²) in [5.74, 6) is 6.55. The summed E-state index contributed by atoms with van der Waals surface area (Å²) in [7, 11) is 1.65. The second-order valence-corrected chi connectivity index (χ2v) is 6.75. The van der Waals surface area contributed by atoms with E-state index in [4.69, 9.17) is 5.73 Å². The van der Waals surface area contributed by atoms with Crippen LogP contribution in [0.25, 0.3) is 22.4 Å². The van der Waals surface area contributed by atoms with E-state index in [1.54, 1.807) is 32.3 Å². The molecule has 1 fully saturated rings. The van der Waals surface area contributed by atoms with Gasteiger partial charge in [0.15, 0.2) is 11.6 Å². The Kier molecular flexibility index (Phi) is 4.17. The highest BCUT2D eigenvalue weighted by Gasteiger charge is 2.42. The molecule has 3 aromatic rings. The molecule has 1 aliphatic rings. The smallest absolute Gasteiger partial charge is 0.267 e. The van der Waals surface area contributed by atoms with Gasteiger partial charge in [0.05, 0.1) is 6.20 Å². The van der Waals surface area contributed by atoms with Crippen molar-refractivity contribution in [2.24, 2.45) is 0 Å². The molecule has 0 radical (unpaired) electrons. The van der Waals surface area contributed by atoms with Crippen molar-refractivity contribution in [2.75, 3.05) is 19.3 Å². The molecule has 3 heterocycles. The number of nitrogens with two attached hydrogens (primary N) is 1. The van der Waals surface area contributed by atoms with Crippen molar-refractivity contribution >= 4 is 22.8 Å². The number of carbonyl (C=O) groups excluding carboxylic acids is 1. The highest BCUT2D eigenvalue weighted by molar-refractivity contribution is 5.90. The molecule has 0 saturated carbocycles. The van der Waals surface area contributed by atoms with Crippen molar-refractivity contribution in [2.45, 2.75) is 18.9 Å². The number of amides is 1. The lowest BCUT2D eigenvalue weighted by molar-refractivity contribution is -0.137. The summed E-state index contributed by atoms with van der Waals surface area (Å²) in [6.07, 6.45) is 1.90. The fourth-order valence-electron chi connectivity index (χ4n) is 3.09. The van der Waals surface area contributed by atoms with Gasteiger partial charge in [-0.25, -0.2) is 19.9 Å². The Morgan fingerprint density at radius 1 is 1.29 bits per heavy atom. The minimum atomic E-state index is -1.63. The molecular weight excluding hydrogens is 356 g/mol. The molecule has 0 unspecified atom stereocenters. The van der Waals surface area contributed by atoms with Crippen LogP contribution >= 0.6 is 0 Å². The van der Waals surface area contributed by atoms with Gasteiger partial charge in [-0.2, -0.15) is 0 Å². The summed E-state index contributed by atoms with van der Waals surface area (Å²) in [5, 5.41) is 10.4. The molecule has 0 spiro atoms. The van der Waals surface area contributed by atoms with E-state index in [2.05, 4.69) is 31.8 Å². The normalized spacial score (nSPS) is 19.0. The van der Waals surface area contributed by atoms with Crippen molar-refractivity contribution in [3.63, 3.8) is 0 Å². The summed E-state index contributed by atoms with van der Waals surface area (Å²) >= 11 is 0. The molecule has 1 aliphatic heterocycles. The maximum Gasteiger partial charge on any atom is 0.267 e. The number of nitrogens with zero attached hydrogens (tertiary/aromatic N) is 5. The largest absolute Gasteiger partial charge is 0.382 e. The third kappa shape index (κ3) is 3.12. The van der Waals surface area contributed by atoms with Crippen molar-refractivity contribution in [1.29, 1.82) is 0 Å². The van der Waals surface area contributed by atoms with Crippen molar-refractivity contribution in [1.82, 2.24) is 24.8 Å². The number of likely N-dealkylation sites (N-methyl/N-ethyl adjacent to an activating group) is 1. The Morgan fingerprint density at radius 3 is 2.86 bits per heavy atom. The Bertz CT molecular complexity index is 1170.